The number of rotatable bonds is 12. The lowest BCUT2D eigenvalue weighted by Crippen LogP contribution is -2.31. The molecular formula is C36H31ClN4O5S. The molecule has 0 aliphatic rings. The van der Waals surface area contributed by atoms with Crippen LogP contribution in [0.25, 0.3) is 0 Å². The van der Waals surface area contributed by atoms with Crippen molar-refractivity contribution >= 4 is 51.0 Å². The molecule has 0 spiro atoms. The first-order chi connectivity index (χ1) is 22.7. The second kappa shape index (κ2) is 15.2. The zero-order chi connectivity index (χ0) is 33.2. The van der Waals surface area contributed by atoms with E-state index in [-0.39, 0.29) is 24.0 Å². The van der Waals surface area contributed by atoms with Gasteiger partial charge in [0.05, 0.1) is 23.3 Å². The van der Waals surface area contributed by atoms with Gasteiger partial charge in [-0.15, -0.1) is 0 Å². The molecule has 0 saturated heterocycles. The van der Waals surface area contributed by atoms with Crippen LogP contribution in [0.4, 0.5) is 11.4 Å². The van der Waals surface area contributed by atoms with Gasteiger partial charge >= 0.3 is 0 Å². The van der Waals surface area contributed by atoms with E-state index in [9.17, 15) is 18.0 Å². The highest BCUT2D eigenvalue weighted by molar-refractivity contribution is 7.92. The van der Waals surface area contributed by atoms with Crippen LogP contribution < -0.4 is 19.8 Å². The fourth-order valence-corrected chi connectivity index (χ4v) is 6.24. The van der Waals surface area contributed by atoms with E-state index in [1.807, 2.05) is 25.1 Å². The molecule has 0 unspecified atom stereocenters. The average Bonchev–Trinajstić information content (AvgIpc) is 3.09. The summed E-state index contributed by atoms with van der Waals surface area (Å²) in [5.41, 5.74) is 6.12. The molecule has 238 valence electrons. The standard InChI is InChI=1S/C36H31ClN4O5S/c1-26-12-19-30(37)22-34(26)41(47(44,45)33-10-6-3-7-11-33)24-28-13-17-29(18-14-28)36(43)40-38-23-27-15-20-32(21-16-27)46-25-35(42)39-31-8-4-2-5-9-31/h2-23H,24-25H2,1H3,(H,39,42)(H,40,43)/b38-23-. The van der Waals surface area contributed by atoms with E-state index < -0.39 is 15.9 Å². The number of nitrogens with zero attached hydrogens (tertiary/aromatic N) is 2. The minimum atomic E-state index is -3.93. The van der Waals surface area contributed by atoms with E-state index in [2.05, 4.69) is 15.8 Å². The Morgan fingerprint density at radius 1 is 0.851 bits per heavy atom. The van der Waals surface area contributed by atoms with Gasteiger partial charge in [-0.3, -0.25) is 13.9 Å². The van der Waals surface area contributed by atoms with Gasteiger partial charge in [-0.1, -0.05) is 66.2 Å². The van der Waals surface area contributed by atoms with Crippen LogP contribution in [0.3, 0.4) is 0 Å². The van der Waals surface area contributed by atoms with Crippen molar-refractivity contribution in [1.82, 2.24) is 5.43 Å². The van der Waals surface area contributed by atoms with E-state index in [4.69, 9.17) is 16.3 Å². The van der Waals surface area contributed by atoms with Gasteiger partial charge in [0.1, 0.15) is 5.75 Å². The number of ether oxygens (including phenoxy) is 1. The lowest BCUT2D eigenvalue weighted by molar-refractivity contribution is -0.118. The summed E-state index contributed by atoms with van der Waals surface area (Å²) in [6.45, 7) is 1.71. The first-order valence-corrected chi connectivity index (χ1v) is 16.3. The van der Waals surface area contributed by atoms with Crippen molar-refractivity contribution in [3.05, 3.63) is 155 Å². The number of aryl methyl sites for hydroxylation is 1. The van der Waals surface area contributed by atoms with Crippen LogP contribution in [0, 0.1) is 6.92 Å². The number of sulfonamides is 1. The van der Waals surface area contributed by atoms with Crippen molar-refractivity contribution in [1.29, 1.82) is 0 Å². The number of para-hydroxylation sites is 1. The van der Waals surface area contributed by atoms with Crippen LogP contribution in [0.1, 0.15) is 27.0 Å². The molecule has 47 heavy (non-hydrogen) atoms. The molecule has 0 saturated carbocycles. The lowest BCUT2D eigenvalue weighted by Gasteiger charge is -2.26. The number of benzene rings is 5. The number of hydrazone groups is 1. The van der Waals surface area contributed by atoms with Gasteiger partial charge in [-0.2, -0.15) is 5.10 Å². The van der Waals surface area contributed by atoms with Gasteiger partial charge in [-0.05, 0) is 96.4 Å². The van der Waals surface area contributed by atoms with E-state index in [1.54, 1.807) is 109 Å². The van der Waals surface area contributed by atoms with Crippen LogP contribution in [0.15, 0.2) is 137 Å². The first kappa shape index (κ1) is 32.9. The fourth-order valence-electron chi connectivity index (χ4n) is 4.55. The van der Waals surface area contributed by atoms with Gasteiger partial charge in [0, 0.05) is 16.3 Å². The Labute approximate surface area is 278 Å². The largest absolute Gasteiger partial charge is 0.484 e. The molecule has 0 aliphatic heterocycles. The summed E-state index contributed by atoms with van der Waals surface area (Å²) in [6.07, 6.45) is 1.48. The molecule has 9 nitrogen and oxygen atoms in total. The van der Waals surface area contributed by atoms with Crippen LogP contribution in [-0.2, 0) is 21.4 Å². The first-order valence-electron chi connectivity index (χ1n) is 14.5. The summed E-state index contributed by atoms with van der Waals surface area (Å²) < 4.78 is 34.3. The Morgan fingerprint density at radius 2 is 1.51 bits per heavy atom. The summed E-state index contributed by atoms with van der Waals surface area (Å²) in [7, 11) is -3.93. The maximum atomic E-state index is 13.7. The van der Waals surface area contributed by atoms with Crippen molar-refractivity contribution in [2.75, 3.05) is 16.2 Å². The van der Waals surface area contributed by atoms with E-state index in [1.165, 1.54) is 10.5 Å². The van der Waals surface area contributed by atoms with Crippen molar-refractivity contribution in [2.24, 2.45) is 5.10 Å². The molecule has 5 aromatic rings. The topological polar surface area (TPSA) is 117 Å². The Morgan fingerprint density at radius 3 is 2.19 bits per heavy atom. The fraction of sp³-hybridized carbons (Fsp3) is 0.0833. The number of anilines is 2. The summed E-state index contributed by atoms with van der Waals surface area (Å²) in [5.74, 6) is -0.199. The maximum Gasteiger partial charge on any atom is 0.271 e. The summed E-state index contributed by atoms with van der Waals surface area (Å²) in [5, 5.41) is 7.20. The number of carbonyl (C=O) groups excluding carboxylic acids is 2. The number of amides is 2. The van der Waals surface area contributed by atoms with Gasteiger partial charge in [0.2, 0.25) is 0 Å². The van der Waals surface area contributed by atoms with Gasteiger partial charge in [0.15, 0.2) is 6.61 Å². The number of halogens is 1. The molecule has 0 heterocycles. The molecule has 5 rings (SSSR count). The number of hydrogen-bond donors (Lipinski definition) is 2. The molecule has 0 radical (unpaired) electrons. The Bertz CT molecular complexity index is 1970. The highest BCUT2D eigenvalue weighted by Crippen LogP contribution is 2.31. The molecule has 0 aliphatic carbocycles. The van der Waals surface area contributed by atoms with Crippen molar-refractivity contribution in [2.45, 2.75) is 18.4 Å². The van der Waals surface area contributed by atoms with E-state index >= 15 is 0 Å². The molecule has 0 atom stereocenters. The lowest BCUT2D eigenvalue weighted by atomic mass is 10.1. The second-order valence-electron chi connectivity index (χ2n) is 10.4. The quantitative estimate of drug-likeness (QED) is 0.112. The number of nitrogens with one attached hydrogen (secondary N) is 2. The Kier molecular flexibility index (Phi) is 10.7. The minimum Gasteiger partial charge on any atom is -0.484 e. The summed E-state index contributed by atoms with van der Waals surface area (Å²) in [6, 6.07) is 35.9. The van der Waals surface area contributed by atoms with E-state index in [0.717, 1.165) is 5.56 Å². The van der Waals surface area contributed by atoms with Crippen LogP contribution in [0.5, 0.6) is 5.75 Å². The molecule has 11 heteroatoms. The van der Waals surface area contributed by atoms with Crippen molar-refractivity contribution in [3.8, 4) is 5.75 Å². The smallest absolute Gasteiger partial charge is 0.271 e. The zero-order valence-electron chi connectivity index (χ0n) is 25.3. The van der Waals surface area contributed by atoms with Gasteiger partial charge in [0.25, 0.3) is 21.8 Å². The molecule has 0 fully saturated rings. The highest BCUT2D eigenvalue weighted by atomic mass is 35.5. The van der Waals surface area contributed by atoms with E-state index in [0.29, 0.717) is 38.8 Å². The molecule has 2 N–H and O–H groups in total. The average molecular weight is 667 g/mol. The molecule has 0 bridgehead atoms. The minimum absolute atomic E-state index is 0.0237. The second-order valence-corrected chi connectivity index (χ2v) is 12.7. The SMILES string of the molecule is Cc1ccc(Cl)cc1N(Cc1ccc(C(=O)N/N=C\c2ccc(OCC(=O)Nc3ccccc3)cc2)cc1)S(=O)(=O)c1ccccc1. The normalized spacial score (nSPS) is 11.2. The number of hydrogen-bond acceptors (Lipinski definition) is 6. The van der Waals surface area contributed by atoms with Crippen LogP contribution >= 0.6 is 11.6 Å². The third kappa shape index (κ3) is 8.84. The monoisotopic (exact) mass is 666 g/mol. The number of carbonyl (C=O) groups is 2. The maximum absolute atomic E-state index is 13.7. The summed E-state index contributed by atoms with van der Waals surface area (Å²) in [4.78, 5) is 25.0. The Balaban J connectivity index is 1.19. The summed E-state index contributed by atoms with van der Waals surface area (Å²) >= 11 is 6.25. The van der Waals surface area contributed by atoms with Gasteiger partial charge < -0.3 is 10.1 Å². The predicted molar refractivity (Wildman–Crippen MR) is 185 cm³/mol. The molecular weight excluding hydrogens is 636 g/mol. The van der Waals surface area contributed by atoms with Crippen molar-refractivity contribution in [3.63, 3.8) is 0 Å². The molecule has 2 amide bonds. The predicted octanol–water partition coefficient (Wildman–Crippen LogP) is 6.83. The van der Waals surface area contributed by atoms with Gasteiger partial charge in [-0.25, -0.2) is 13.8 Å². The highest BCUT2D eigenvalue weighted by Gasteiger charge is 2.26. The van der Waals surface area contributed by atoms with Crippen LogP contribution in [-0.4, -0.2) is 33.1 Å². The van der Waals surface area contributed by atoms with Crippen LogP contribution in [0.2, 0.25) is 5.02 Å². The third-order valence-corrected chi connectivity index (χ3v) is 9.01. The zero-order valence-corrected chi connectivity index (χ0v) is 26.9. The molecule has 5 aromatic carbocycles. The van der Waals surface area contributed by atoms with Crippen molar-refractivity contribution < 1.29 is 22.7 Å². The molecule has 0 aromatic heterocycles. The Hall–Kier alpha value is -5.45. The third-order valence-electron chi connectivity index (χ3n) is 7.00.